The summed E-state index contributed by atoms with van der Waals surface area (Å²) in [5.41, 5.74) is 1.11. The molecule has 2 rings (SSSR count). The molecule has 0 spiro atoms. The molecule has 2 atom stereocenters. The average Bonchev–Trinajstić information content (AvgIpc) is 2.38. The summed E-state index contributed by atoms with van der Waals surface area (Å²) >= 11 is 0. The first-order valence-electron chi connectivity index (χ1n) is 6.70. The van der Waals surface area contributed by atoms with Crippen molar-refractivity contribution in [2.24, 2.45) is 5.92 Å². The number of nitriles is 1. The molecule has 1 fully saturated rings. The van der Waals surface area contributed by atoms with Gasteiger partial charge in [0.05, 0.1) is 11.6 Å². The van der Waals surface area contributed by atoms with Crippen molar-refractivity contribution in [3.8, 4) is 6.07 Å². The van der Waals surface area contributed by atoms with E-state index < -0.39 is 0 Å². The van der Waals surface area contributed by atoms with Gasteiger partial charge in [-0.2, -0.15) is 5.26 Å². The zero-order valence-electron chi connectivity index (χ0n) is 10.7. The van der Waals surface area contributed by atoms with Crippen LogP contribution in [0.15, 0.2) is 18.2 Å². The summed E-state index contributed by atoms with van der Waals surface area (Å²) in [5, 5.41) is 12.3. The third-order valence-electron chi connectivity index (χ3n) is 3.81. The minimum absolute atomic E-state index is 0.347. The topological polar surface area (TPSA) is 35.8 Å². The molecule has 1 aliphatic rings. The summed E-state index contributed by atoms with van der Waals surface area (Å²) in [6.07, 6.45) is 6.06. The summed E-state index contributed by atoms with van der Waals surface area (Å²) in [4.78, 5) is 0. The van der Waals surface area contributed by atoms with Crippen molar-refractivity contribution in [1.29, 1.82) is 5.26 Å². The van der Waals surface area contributed by atoms with Crippen molar-refractivity contribution in [3.05, 3.63) is 29.6 Å². The third kappa shape index (κ3) is 3.01. The number of anilines is 1. The molecule has 96 valence electrons. The smallest absolute Gasteiger partial charge is 0.126 e. The number of benzene rings is 1. The Morgan fingerprint density at radius 2 is 2.11 bits per heavy atom. The van der Waals surface area contributed by atoms with E-state index in [1.807, 2.05) is 6.07 Å². The lowest BCUT2D eigenvalue weighted by atomic mass is 9.83. The molecule has 0 radical (unpaired) electrons. The van der Waals surface area contributed by atoms with Crippen LogP contribution in [-0.4, -0.2) is 6.04 Å². The maximum absolute atomic E-state index is 13.4. The van der Waals surface area contributed by atoms with Crippen LogP contribution in [0.4, 0.5) is 10.1 Å². The number of hydrogen-bond donors (Lipinski definition) is 1. The summed E-state index contributed by atoms with van der Waals surface area (Å²) in [6, 6.07) is 6.87. The molecule has 1 aromatic carbocycles. The number of nitrogens with zero attached hydrogens (tertiary/aromatic N) is 1. The highest BCUT2D eigenvalue weighted by atomic mass is 19.1. The van der Waals surface area contributed by atoms with E-state index in [0.29, 0.717) is 17.5 Å². The van der Waals surface area contributed by atoms with Crippen LogP contribution in [0.3, 0.4) is 0 Å². The monoisotopic (exact) mass is 246 g/mol. The predicted octanol–water partition coefficient (Wildman–Crippen LogP) is 4.08. The first-order chi connectivity index (χ1) is 8.72. The molecular formula is C15H19FN2. The molecule has 0 aliphatic heterocycles. The highest BCUT2D eigenvalue weighted by molar-refractivity contribution is 5.50. The van der Waals surface area contributed by atoms with Crippen LogP contribution < -0.4 is 5.32 Å². The quantitative estimate of drug-likeness (QED) is 0.872. The normalized spacial score (nSPS) is 23.4. The molecule has 3 heteroatoms. The molecule has 18 heavy (non-hydrogen) atoms. The van der Waals surface area contributed by atoms with E-state index in [1.165, 1.54) is 31.4 Å². The van der Waals surface area contributed by atoms with Gasteiger partial charge in [-0.1, -0.05) is 26.2 Å². The Morgan fingerprint density at radius 1 is 1.33 bits per heavy atom. The third-order valence-corrected chi connectivity index (χ3v) is 3.81. The molecule has 0 heterocycles. The molecule has 1 aliphatic carbocycles. The largest absolute Gasteiger partial charge is 0.382 e. The van der Waals surface area contributed by atoms with Gasteiger partial charge in [-0.05, 0) is 37.0 Å². The molecule has 0 amide bonds. The van der Waals surface area contributed by atoms with Crippen molar-refractivity contribution in [1.82, 2.24) is 0 Å². The lowest BCUT2D eigenvalue weighted by Crippen LogP contribution is -2.31. The Balaban J connectivity index is 2.12. The second kappa shape index (κ2) is 5.86. The fourth-order valence-electron chi connectivity index (χ4n) is 2.84. The van der Waals surface area contributed by atoms with Crippen LogP contribution in [0.25, 0.3) is 0 Å². The first kappa shape index (κ1) is 12.9. The van der Waals surface area contributed by atoms with Crippen LogP contribution >= 0.6 is 0 Å². The van der Waals surface area contributed by atoms with Gasteiger partial charge in [0.25, 0.3) is 0 Å². The molecule has 2 nitrogen and oxygen atoms in total. The van der Waals surface area contributed by atoms with Gasteiger partial charge in [0.15, 0.2) is 0 Å². The van der Waals surface area contributed by atoms with Gasteiger partial charge in [0.1, 0.15) is 5.82 Å². The van der Waals surface area contributed by atoms with E-state index in [-0.39, 0.29) is 5.82 Å². The zero-order valence-corrected chi connectivity index (χ0v) is 10.7. The van der Waals surface area contributed by atoms with Gasteiger partial charge < -0.3 is 5.32 Å². The number of halogens is 1. The van der Waals surface area contributed by atoms with E-state index >= 15 is 0 Å². The highest BCUT2D eigenvalue weighted by Gasteiger charge is 2.23. The molecule has 0 saturated heterocycles. The maximum atomic E-state index is 13.4. The Kier molecular flexibility index (Phi) is 4.19. The molecular weight excluding hydrogens is 227 g/mol. The highest BCUT2D eigenvalue weighted by Crippen LogP contribution is 2.29. The molecule has 1 aromatic rings. The SMILES string of the molecule is CCC1CCCCC1Nc1cc(F)cc(C#N)c1. The van der Waals surface area contributed by atoms with Crippen molar-refractivity contribution in [3.63, 3.8) is 0 Å². The number of rotatable bonds is 3. The van der Waals surface area contributed by atoms with E-state index in [9.17, 15) is 4.39 Å². The van der Waals surface area contributed by atoms with Gasteiger partial charge in [0.2, 0.25) is 0 Å². The maximum Gasteiger partial charge on any atom is 0.126 e. The van der Waals surface area contributed by atoms with Crippen molar-refractivity contribution < 1.29 is 4.39 Å². The molecule has 1 N–H and O–H groups in total. The Bertz CT molecular complexity index is 450. The lowest BCUT2D eigenvalue weighted by molar-refractivity contribution is 0.317. The fourth-order valence-corrected chi connectivity index (χ4v) is 2.84. The zero-order chi connectivity index (χ0) is 13.0. The van der Waals surface area contributed by atoms with Gasteiger partial charge in [0, 0.05) is 11.7 Å². The van der Waals surface area contributed by atoms with Crippen molar-refractivity contribution in [2.45, 2.75) is 45.1 Å². The number of hydrogen-bond acceptors (Lipinski definition) is 2. The molecule has 0 aromatic heterocycles. The molecule has 0 bridgehead atoms. The second-order valence-electron chi connectivity index (χ2n) is 5.04. The summed E-state index contributed by atoms with van der Waals surface area (Å²) in [5.74, 6) is 0.313. The van der Waals surface area contributed by atoms with Crippen LogP contribution in [-0.2, 0) is 0 Å². The summed E-state index contributed by atoms with van der Waals surface area (Å²) in [7, 11) is 0. The minimum atomic E-state index is -0.347. The van der Waals surface area contributed by atoms with E-state index in [0.717, 1.165) is 18.5 Å². The Hall–Kier alpha value is -1.56. The van der Waals surface area contributed by atoms with Crippen LogP contribution in [0.1, 0.15) is 44.6 Å². The minimum Gasteiger partial charge on any atom is -0.382 e. The van der Waals surface area contributed by atoms with Crippen molar-refractivity contribution in [2.75, 3.05) is 5.32 Å². The molecule has 1 saturated carbocycles. The standard InChI is InChI=1S/C15H19FN2/c1-2-12-5-3-4-6-15(12)18-14-8-11(10-17)7-13(16)9-14/h7-9,12,15,18H,2-6H2,1H3. The van der Waals surface area contributed by atoms with Gasteiger partial charge >= 0.3 is 0 Å². The average molecular weight is 246 g/mol. The van der Waals surface area contributed by atoms with Crippen LogP contribution in [0.5, 0.6) is 0 Å². The van der Waals surface area contributed by atoms with Gasteiger partial charge in [-0.3, -0.25) is 0 Å². The van der Waals surface area contributed by atoms with E-state index in [4.69, 9.17) is 5.26 Å². The Labute approximate surface area is 108 Å². The summed E-state index contributed by atoms with van der Waals surface area (Å²) in [6.45, 7) is 2.21. The summed E-state index contributed by atoms with van der Waals surface area (Å²) < 4.78 is 13.4. The van der Waals surface area contributed by atoms with Crippen LogP contribution in [0, 0.1) is 23.1 Å². The fraction of sp³-hybridized carbons (Fsp3) is 0.533. The number of nitrogens with one attached hydrogen (secondary N) is 1. The molecule has 2 unspecified atom stereocenters. The lowest BCUT2D eigenvalue weighted by Gasteiger charge is -2.32. The predicted molar refractivity (Wildman–Crippen MR) is 70.8 cm³/mol. The van der Waals surface area contributed by atoms with Gasteiger partial charge in [-0.25, -0.2) is 4.39 Å². The van der Waals surface area contributed by atoms with Crippen molar-refractivity contribution >= 4 is 5.69 Å². The van der Waals surface area contributed by atoms with E-state index in [2.05, 4.69) is 12.2 Å². The Morgan fingerprint density at radius 3 is 2.83 bits per heavy atom. The second-order valence-corrected chi connectivity index (χ2v) is 5.04. The first-order valence-corrected chi connectivity index (χ1v) is 6.70. The van der Waals surface area contributed by atoms with E-state index in [1.54, 1.807) is 6.07 Å². The van der Waals surface area contributed by atoms with Gasteiger partial charge in [-0.15, -0.1) is 0 Å². The van der Waals surface area contributed by atoms with Crippen LogP contribution in [0.2, 0.25) is 0 Å².